The molecule has 0 aliphatic carbocycles. The number of hydrogen-bond acceptors (Lipinski definition) is 5. The zero-order chi connectivity index (χ0) is 18.7. The first-order valence-electron chi connectivity index (χ1n) is 9.19. The molecular formula is C19H28N6O. The second kappa shape index (κ2) is 7.43. The van der Waals surface area contributed by atoms with Gasteiger partial charge in [-0.1, -0.05) is 0 Å². The summed E-state index contributed by atoms with van der Waals surface area (Å²) < 4.78 is 1.64. The van der Waals surface area contributed by atoms with Crippen molar-refractivity contribution in [1.82, 2.24) is 25.1 Å². The Bertz CT molecular complexity index is 747. The van der Waals surface area contributed by atoms with Crippen LogP contribution in [0.1, 0.15) is 37.9 Å². The second-order valence-corrected chi connectivity index (χ2v) is 7.67. The molecule has 0 saturated carbocycles. The third-order valence-corrected chi connectivity index (χ3v) is 5.34. The Balaban J connectivity index is 1.55. The number of piperidine rings is 1. The van der Waals surface area contributed by atoms with Gasteiger partial charge in [0.15, 0.2) is 0 Å². The van der Waals surface area contributed by atoms with Gasteiger partial charge in [0.2, 0.25) is 11.9 Å². The molecule has 0 unspecified atom stereocenters. The first-order chi connectivity index (χ1) is 12.3. The highest BCUT2D eigenvalue weighted by Crippen LogP contribution is 2.29. The number of aryl methyl sites for hydroxylation is 2. The van der Waals surface area contributed by atoms with Crippen molar-refractivity contribution in [2.75, 3.05) is 18.0 Å². The van der Waals surface area contributed by atoms with E-state index in [0.29, 0.717) is 5.92 Å². The van der Waals surface area contributed by atoms with Crippen molar-refractivity contribution in [3.05, 3.63) is 35.9 Å². The maximum atomic E-state index is 12.3. The Morgan fingerprint density at radius 2 is 2.04 bits per heavy atom. The Labute approximate surface area is 154 Å². The first kappa shape index (κ1) is 18.4. The molecule has 1 fully saturated rings. The number of rotatable bonds is 5. The van der Waals surface area contributed by atoms with Crippen molar-refractivity contribution in [3.8, 4) is 0 Å². The number of nitrogens with zero attached hydrogens (tertiary/aromatic N) is 5. The van der Waals surface area contributed by atoms with E-state index < -0.39 is 0 Å². The zero-order valence-electron chi connectivity index (χ0n) is 16.1. The molecule has 1 amide bonds. The molecule has 2 aromatic heterocycles. The maximum absolute atomic E-state index is 12.3. The average molecular weight is 356 g/mol. The third kappa shape index (κ3) is 4.20. The lowest BCUT2D eigenvalue weighted by atomic mass is 9.80. The molecule has 0 aromatic carbocycles. The van der Waals surface area contributed by atoms with E-state index in [0.717, 1.165) is 43.1 Å². The summed E-state index contributed by atoms with van der Waals surface area (Å²) in [5, 5.41) is 7.28. The van der Waals surface area contributed by atoms with Crippen LogP contribution in [0, 0.1) is 19.8 Å². The smallest absolute Gasteiger partial charge is 0.242 e. The van der Waals surface area contributed by atoms with Gasteiger partial charge in [-0.3, -0.25) is 9.48 Å². The largest absolute Gasteiger partial charge is 0.349 e. The number of aromatic nitrogens is 4. The van der Waals surface area contributed by atoms with Gasteiger partial charge in [-0.2, -0.15) is 5.10 Å². The van der Waals surface area contributed by atoms with E-state index >= 15 is 0 Å². The van der Waals surface area contributed by atoms with Crippen molar-refractivity contribution >= 4 is 11.9 Å². The lowest BCUT2D eigenvalue weighted by molar-refractivity contribution is -0.124. The Morgan fingerprint density at radius 3 is 2.65 bits per heavy atom. The normalized spacial score (nSPS) is 15.9. The summed E-state index contributed by atoms with van der Waals surface area (Å²) in [5.41, 5.74) is 1.90. The Hall–Kier alpha value is -2.44. The summed E-state index contributed by atoms with van der Waals surface area (Å²) in [4.78, 5) is 23.6. The van der Waals surface area contributed by atoms with E-state index in [1.54, 1.807) is 17.1 Å². The molecule has 1 N–H and O–H groups in total. The number of nitrogens with one attached hydrogen (secondary N) is 1. The van der Waals surface area contributed by atoms with Crippen molar-refractivity contribution in [2.24, 2.45) is 5.92 Å². The number of hydrogen-bond donors (Lipinski definition) is 1. The molecule has 1 saturated heterocycles. The molecule has 0 spiro atoms. The van der Waals surface area contributed by atoms with Gasteiger partial charge in [-0.25, -0.2) is 9.97 Å². The number of carbonyl (C=O) groups is 1. The predicted octanol–water partition coefficient (Wildman–Crippen LogP) is 2.10. The minimum absolute atomic E-state index is 0.00128. The summed E-state index contributed by atoms with van der Waals surface area (Å²) in [7, 11) is 0. The lowest BCUT2D eigenvalue weighted by Gasteiger charge is -2.41. The van der Waals surface area contributed by atoms with Gasteiger partial charge in [0.1, 0.15) is 6.54 Å². The fraction of sp³-hybridized carbons (Fsp3) is 0.579. The van der Waals surface area contributed by atoms with Crippen LogP contribution in [0.5, 0.6) is 0 Å². The molecule has 1 aliphatic heterocycles. The van der Waals surface area contributed by atoms with Crippen molar-refractivity contribution in [1.29, 1.82) is 0 Å². The molecule has 7 heteroatoms. The van der Waals surface area contributed by atoms with Crippen LogP contribution in [0.25, 0.3) is 0 Å². The zero-order valence-corrected chi connectivity index (χ0v) is 16.1. The maximum Gasteiger partial charge on any atom is 0.242 e. The molecule has 3 heterocycles. The van der Waals surface area contributed by atoms with E-state index in [4.69, 9.17) is 0 Å². The van der Waals surface area contributed by atoms with Crippen LogP contribution in [0.4, 0.5) is 5.95 Å². The van der Waals surface area contributed by atoms with Gasteiger partial charge in [0.25, 0.3) is 0 Å². The molecule has 7 nitrogen and oxygen atoms in total. The van der Waals surface area contributed by atoms with E-state index in [1.165, 1.54) is 0 Å². The van der Waals surface area contributed by atoms with Crippen LogP contribution < -0.4 is 10.2 Å². The molecule has 0 atom stereocenters. The molecule has 3 rings (SSSR count). The highest BCUT2D eigenvalue weighted by atomic mass is 16.2. The lowest BCUT2D eigenvalue weighted by Crippen LogP contribution is -2.53. The Morgan fingerprint density at radius 1 is 1.31 bits per heavy atom. The molecule has 0 radical (unpaired) electrons. The number of amides is 1. The minimum atomic E-state index is -0.250. The summed E-state index contributed by atoms with van der Waals surface area (Å²) in [6.45, 7) is 10.3. The molecule has 1 aliphatic rings. The average Bonchev–Trinajstić information content (AvgIpc) is 3.10. The van der Waals surface area contributed by atoms with Gasteiger partial charge >= 0.3 is 0 Å². The summed E-state index contributed by atoms with van der Waals surface area (Å²) in [5.74, 6) is 1.23. The number of carbonyl (C=O) groups excluding carboxylic acids is 1. The van der Waals surface area contributed by atoms with E-state index in [-0.39, 0.29) is 18.0 Å². The standard InChI is InChI=1S/C19H28N6O/c1-14-12-20-18(22-15(14)2)24-10-6-16(7-11-24)19(3,4)23-17(26)13-25-9-5-8-21-25/h5,8-9,12,16H,6-7,10-11,13H2,1-4H3,(H,23,26). The Kier molecular flexibility index (Phi) is 5.25. The van der Waals surface area contributed by atoms with E-state index in [2.05, 4.69) is 39.1 Å². The van der Waals surface area contributed by atoms with Crippen LogP contribution in [-0.4, -0.2) is 44.3 Å². The molecule has 26 heavy (non-hydrogen) atoms. The van der Waals surface area contributed by atoms with Crippen molar-refractivity contribution in [3.63, 3.8) is 0 Å². The van der Waals surface area contributed by atoms with Gasteiger partial charge in [-0.05, 0) is 58.1 Å². The van der Waals surface area contributed by atoms with Crippen LogP contribution in [-0.2, 0) is 11.3 Å². The van der Waals surface area contributed by atoms with E-state index in [1.807, 2.05) is 26.1 Å². The van der Waals surface area contributed by atoms with Gasteiger partial charge < -0.3 is 10.2 Å². The van der Waals surface area contributed by atoms with E-state index in [9.17, 15) is 4.79 Å². The predicted molar refractivity (Wildman–Crippen MR) is 101 cm³/mol. The van der Waals surface area contributed by atoms with Crippen molar-refractivity contribution < 1.29 is 4.79 Å². The second-order valence-electron chi connectivity index (χ2n) is 7.67. The molecule has 140 valence electrons. The molecule has 2 aromatic rings. The number of anilines is 1. The quantitative estimate of drug-likeness (QED) is 0.888. The van der Waals surface area contributed by atoms with Crippen LogP contribution in [0.3, 0.4) is 0 Å². The van der Waals surface area contributed by atoms with Gasteiger partial charge in [0, 0.05) is 42.9 Å². The summed E-state index contributed by atoms with van der Waals surface area (Å²) in [6, 6.07) is 1.82. The highest BCUT2D eigenvalue weighted by molar-refractivity contribution is 5.76. The van der Waals surface area contributed by atoms with Crippen molar-refractivity contribution in [2.45, 2.75) is 52.6 Å². The highest BCUT2D eigenvalue weighted by Gasteiger charge is 2.34. The van der Waals surface area contributed by atoms with Gasteiger partial charge in [0.05, 0.1) is 0 Å². The summed E-state index contributed by atoms with van der Waals surface area (Å²) >= 11 is 0. The molecule has 0 bridgehead atoms. The third-order valence-electron chi connectivity index (χ3n) is 5.34. The SMILES string of the molecule is Cc1cnc(N2CCC(C(C)(C)NC(=O)Cn3cccn3)CC2)nc1C. The fourth-order valence-electron chi connectivity index (χ4n) is 3.51. The fourth-order valence-corrected chi connectivity index (χ4v) is 3.51. The first-order valence-corrected chi connectivity index (χ1v) is 9.19. The van der Waals surface area contributed by atoms with Crippen LogP contribution in [0.2, 0.25) is 0 Å². The van der Waals surface area contributed by atoms with Gasteiger partial charge in [-0.15, -0.1) is 0 Å². The van der Waals surface area contributed by atoms with Crippen LogP contribution >= 0.6 is 0 Å². The van der Waals surface area contributed by atoms with Crippen LogP contribution in [0.15, 0.2) is 24.7 Å². The summed E-state index contributed by atoms with van der Waals surface area (Å²) in [6.07, 6.45) is 7.39. The molecular weight excluding hydrogens is 328 g/mol. The monoisotopic (exact) mass is 356 g/mol. The minimum Gasteiger partial charge on any atom is -0.349 e. The topological polar surface area (TPSA) is 75.9 Å².